The molecule has 1 aromatic rings. The van der Waals surface area contributed by atoms with E-state index in [1.165, 1.54) is 5.56 Å². The van der Waals surface area contributed by atoms with E-state index in [1.54, 1.807) is 7.11 Å². The molecule has 19 heavy (non-hydrogen) atoms. The fourth-order valence-corrected chi connectivity index (χ4v) is 2.20. The molecule has 1 unspecified atom stereocenters. The van der Waals surface area contributed by atoms with Crippen molar-refractivity contribution < 1.29 is 14.6 Å². The topological polar surface area (TPSA) is 49.8 Å². The van der Waals surface area contributed by atoms with E-state index in [9.17, 15) is 4.79 Å². The normalized spacial score (nSPS) is 12.7. The highest BCUT2D eigenvalue weighted by Gasteiger charge is 2.19. The van der Waals surface area contributed by atoms with Gasteiger partial charge in [0.05, 0.1) is 13.5 Å². The van der Waals surface area contributed by atoms with Crippen LogP contribution in [0.1, 0.15) is 38.8 Å². The molecule has 0 heterocycles. The van der Waals surface area contributed by atoms with Crippen molar-refractivity contribution in [3.63, 3.8) is 0 Å². The molecular formula is C15H23NO3. The average Bonchev–Trinajstić information content (AvgIpc) is 2.38. The van der Waals surface area contributed by atoms with Crippen molar-refractivity contribution in [2.24, 2.45) is 0 Å². The zero-order valence-corrected chi connectivity index (χ0v) is 12.1. The van der Waals surface area contributed by atoms with Gasteiger partial charge in [-0.25, -0.2) is 0 Å². The van der Waals surface area contributed by atoms with Crippen LogP contribution < -0.4 is 4.74 Å². The summed E-state index contributed by atoms with van der Waals surface area (Å²) in [4.78, 5) is 12.9. The van der Waals surface area contributed by atoms with E-state index >= 15 is 0 Å². The molecule has 1 N–H and O–H groups in total. The fourth-order valence-electron chi connectivity index (χ4n) is 2.20. The Balaban J connectivity index is 2.79. The Kier molecular flexibility index (Phi) is 5.83. The Labute approximate surface area is 115 Å². The van der Waals surface area contributed by atoms with Gasteiger partial charge in [0.1, 0.15) is 5.75 Å². The lowest BCUT2D eigenvalue weighted by atomic mass is 10.0. The van der Waals surface area contributed by atoms with E-state index in [2.05, 4.69) is 25.7 Å². The first kappa shape index (κ1) is 15.5. The van der Waals surface area contributed by atoms with Crippen LogP contribution in [0.3, 0.4) is 0 Å². The number of aliphatic carboxylic acids is 1. The Morgan fingerprint density at radius 2 is 1.84 bits per heavy atom. The molecule has 1 aromatic carbocycles. The summed E-state index contributed by atoms with van der Waals surface area (Å²) in [6.45, 7) is 6.83. The molecule has 0 radical (unpaired) electrons. The molecule has 0 bridgehead atoms. The van der Waals surface area contributed by atoms with Crippen molar-refractivity contribution in [2.45, 2.75) is 39.3 Å². The van der Waals surface area contributed by atoms with Gasteiger partial charge in [-0.05, 0) is 38.5 Å². The molecule has 4 nitrogen and oxygen atoms in total. The van der Waals surface area contributed by atoms with Crippen molar-refractivity contribution in [2.75, 3.05) is 13.7 Å². The molecule has 0 saturated heterocycles. The van der Waals surface area contributed by atoms with E-state index in [-0.39, 0.29) is 12.5 Å². The Morgan fingerprint density at radius 1 is 1.26 bits per heavy atom. The third kappa shape index (κ3) is 4.56. The van der Waals surface area contributed by atoms with E-state index in [4.69, 9.17) is 9.84 Å². The van der Waals surface area contributed by atoms with E-state index < -0.39 is 5.97 Å². The van der Waals surface area contributed by atoms with Crippen molar-refractivity contribution in [1.82, 2.24) is 4.90 Å². The molecular weight excluding hydrogens is 242 g/mol. The number of hydrogen-bond acceptors (Lipinski definition) is 3. The number of benzene rings is 1. The predicted octanol–water partition coefficient (Wildman–Crippen LogP) is 2.94. The van der Waals surface area contributed by atoms with Crippen LogP contribution in [-0.2, 0) is 4.79 Å². The van der Waals surface area contributed by atoms with Gasteiger partial charge in [-0.2, -0.15) is 0 Å². The number of nitrogens with zero attached hydrogens (tertiary/aromatic N) is 1. The maximum atomic E-state index is 10.7. The molecule has 0 aromatic heterocycles. The van der Waals surface area contributed by atoms with Crippen molar-refractivity contribution in [1.29, 1.82) is 0 Å². The first-order valence-electron chi connectivity index (χ1n) is 6.57. The van der Waals surface area contributed by atoms with Crippen LogP contribution in [0.4, 0.5) is 0 Å². The van der Waals surface area contributed by atoms with Crippen molar-refractivity contribution in [3.05, 3.63) is 29.8 Å². The molecule has 0 spiro atoms. The second-order valence-electron chi connectivity index (χ2n) is 4.92. The molecule has 0 saturated carbocycles. The Bertz CT molecular complexity index is 400. The van der Waals surface area contributed by atoms with Crippen molar-refractivity contribution >= 4 is 5.97 Å². The number of carboxylic acid groups (broad SMARTS) is 1. The SMILES string of the molecule is COc1ccc(C(C)N(CCC(=O)O)C(C)C)cc1. The van der Waals surface area contributed by atoms with Crippen LogP contribution >= 0.6 is 0 Å². The highest BCUT2D eigenvalue weighted by Crippen LogP contribution is 2.24. The first-order valence-corrected chi connectivity index (χ1v) is 6.57. The average molecular weight is 265 g/mol. The third-order valence-electron chi connectivity index (χ3n) is 3.34. The van der Waals surface area contributed by atoms with Gasteiger partial charge in [0.2, 0.25) is 0 Å². The number of carbonyl (C=O) groups is 1. The summed E-state index contributed by atoms with van der Waals surface area (Å²) in [6, 6.07) is 8.41. The van der Waals surface area contributed by atoms with Gasteiger partial charge in [-0.15, -0.1) is 0 Å². The summed E-state index contributed by atoms with van der Waals surface area (Å²) in [5.74, 6) is 0.0742. The number of hydrogen-bond donors (Lipinski definition) is 1. The number of ether oxygens (including phenoxy) is 1. The minimum atomic E-state index is -0.757. The maximum absolute atomic E-state index is 10.7. The van der Waals surface area contributed by atoms with Crippen LogP contribution in [-0.4, -0.2) is 35.7 Å². The standard InChI is InChI=1S/C15H23NO3/c1-11(2)16(10-9-15(17)18)12(3)13-5-7-14(19-4)8-6-13/h5-8,11-12H,9-10H2,1-4H3,(H,17,18). The maximum Gasteiger partial charge on any atom is 0.304 e. The third-order valence-corrected chi connectivity index (χ3v) is 3.34. The zero-order valence-electron chi connectivity index (χ0n) is 12.1. The predicted molar refractivity (Wildman–Crippen MR) is 75.5 cm³/mol. The second-order valence-corrected chi connectivity index (χ2v) is 4.92. The van der Waals surface area contributed by atoms with Crippen LogP contribution in [0.2, 0.25) is 0 Å². The summed E-state index contributed by atoms with van der Waals surface area (Å²) in [7, 11) is 1.64. The largest absolute Gasteiger partial charge is 0.497 e. The van der Waals surface area contributed by atoms with E-state index in [0.717, 1.165) is 5.75 Å². The highest BCUT2D eigenvalue weighted by molar-refractivity contribution is 5.66. The van der Waals surface area contributed by atoms with Crippen LogP contribution in [0.25, 0.3) is 0 Å². The van der Waals surface area contributed by atoms with E-state index in [1.807, 2.05) is 24.3 Å². The summed E-state index contributed by atoms with van der Waals surface area (Å²) in [5, 5.41) is 8.82. The zero-order chi connectivity index (χ0) is 14.4. The van der Waals surface area contributed by atoms with Gasteiger partial charge >= 0.3 is 5.97 Å². The molecule has 0 fully saturated rings. The van der Waals surface area contributed by atoms with Gasteiger partial charge in [0.15, 0.2) is 0 Å². The minimum absolute atomic E-state index is 0.165. The van der Waals surface area contributed by atoms with Gasteiger partial charge < -0.3 is 9.84 Å². The lowest BCUT2D eigenvalue weighted by Gasteiger charge is -2.32. The van der Waals surface area contributed by atoms with Crippen LogP contribution in [0, 0.1) is 0 Å². The highest BCUT2D eigenvalue weighted by atomic mass is 16.5. The monoisotopic (exact) mass is 265 g/mol. The molecule has 0 amide bonds. The Morgan fingerprint density at radius 3 is 2.26 bits per heavy atom. The van der Waals surface area contributed by atoms with E-state index in [0.29, 0.717) is 12.6 Å². The van der Waals surface area contributed by atoms with Crippen LogP contribution in [0.15, 0.2) is 24.3 Å². The lowest BCUT2D eigenvalue weighted by molar-refractivity contribution is -0.137. The van der Waals surface area contributed by atoms with Gasteiger partial charge in [0, 0.05) is 18.6 Å². The Hall–Kier alpha value is -1.55. The first-order chi connectivity index (χ1) is 8.95. The van der Waals surface area contributed by atoms with Crippen molar-refractivity contribution in [3.8, 4) is 5.75 Å². The quantitative estimate of drug-likeness (QED) is 0.823. The molecule has 0 aliphatic carbocycles. The molecule has 0 aliphatic rings. The summed E-state index contributed by atoms with van der Waals surface area (Å²) >= 11 is 0. The summed E-state index contributed by atoms with van der Waals surface area (Å²) in [5.41, 5.74) is 1.17. The van der Waals surface area contributed by atoms with Crippen LogP contribution in [0.5, 0.6) is 5.75 Å². The molecule has 106 valence electrons. The summed E-state index contributed by atoms with van der Waals surface area (Å²) in [6.07, 6.45) is 0.165. The molecule has 1 atom stereocenters. The second kappa shape index (κ2) is 7.14. The lowest BCUT2D eigenvalue weighted by Crippen LogP contribution is -2.35. The van der Waals surface area contributed by atoms with Gasteiger partial charge in [-0.1, -0.05) is 12.1 Å². The smallest absolute Gasteiger partial charge is 0.304 e. The van der Waals surface area contributed by atoms with Gasteiger partial charge in [0.25, 0.3) is 0 Å². The molecule has 0 aliphatic heterocycles. The number of methoxy groups -OCH3 is 1. The fraction of sp³-hybridized carbons (Fsp3) is 0.533. The molecule has 4 heteroatoms. The molecule has 1 rings (SSSR count). The number of carboxylic acids is 1. The van der Waals surface area contributed by atoms with Gasteiger partial charge in [-0.3, -0.25) is 9.69 Å². The number of rotatable bonds is 7. The minimum Gasteiger partial charge on any atom is -0.497 e. The summed E-state index contributed by atoms with van der Waals surface area (Å²) < 4.78 is 5.14.